The highest BCUT2D eigenvalue weighted by atomic mass is 16.2. The second kappa shape index (κ2) is 8.57. The number of rotatable bonds is 4. The van der Waals surface area contributed by atoms with Crippen LogP contribution in [0.25, 0.3) is 0 Å². The molecule has 2 fully saturated rings. The third-order valence-electron chi connectivity index (χ3n) is 5.71. The monoisotopic (exact) mass is 363 g/mol. The van der Waals surface area contributed by atoms with Crippen molar-refractivity contribution in [2.45, 2.75) is 25.8 Å². The molecule has 0 atom stereocenters. The van der Waals surface area contributed by atoms with E-state index in [4.69, 9.17) is 0 Å². The maximum Gasteiger partial charge on any atom is 0.253 e. The quantitative estimate of drug-likeness (QED) is 0.830. The van der Waals surface area contributed by atoms with Crippen LogP contribution < -0.4 is 4.90 Å². The molecule has 27 heavy (non-hydrogen) atoms. The summed E-state index contributed by atoms with van der Waals surface area (Å²) in [6.07, 6.45) is 3.63. The molecule has 2 heterocycles. The van der Waals surface area contributed by atoms with Crippen LogP contribution >= 0.6 is 0 Å². The summed E-state index contributed by atoms with van der Waals surface area (Å²) < 4.78 is 0. The van der Waals surface area contributed by atoms with Crippen LogP contribution in [0.2, 0.25) is 0 Å². The van der Waals surface area contributed by atoms with Crippen molar-refractivity contribution >= 4 is 11.6 Å². The van der Waals surface area contributed by atoms with E-state index >= 15 is 0 Å². The largest absolute Gasteiger partial charge is 0.370 e. The smallest absolute Gasteiger partial charge is 0.253 e. The van der Waals surface area contributed by atoms with Gasteiger partial charge in [-0.15, -0.1) is 0 Å². The minimum atomic E-state index is 0.164. The first-order valence-corrected chi connectivity index (χ1v) is 10.2. The highest BCUT2D eigenvalue weighted by Gasteiger charge is 2.20. The lowest BCUT2D eigenvalue weighted by Crippen LogP contribution is -2.35. The zero-order valence-electron chi connectivity index (χ0n) is 16.0. The first-order valence-electron chi connectivity index (χ1n) is 10.2. The SMILES string of the molecule is O=C(c1ccc(CN2CCCC2)cc1)N1CCCN(c2ccccc2)CC1. The Kier molecular flexibility index (Phi) is 5.73. The number of amides is 1. The second-order valence-corrected chi connectivity index (χ2v) is 7.65. The van der Waals surface area contributed by atoms with Crippen LogP contribution in [0.1, 0.15) is 35.2 Å². The number of likely N-dealkylation sites (tertiary alicyclic amines) is 1. The Labute approximate surface area is 162 Å². The fourth-order valence-electron chi connectivity index (χ4n) is 4.15. The van der Waals surface area contributed by atoms with E-state index in [1.807, 2.05) is 23.1 Å². The van der Waals surface area contributed by atoms with Crippen LogP contribution in [0.15, 0.2) is 54.6 Å². The van der Waals surface area contributed by atoms with Crippen LogP contribution in [0.5, 0.6) is 0 Å². The zero-order valence-corrected chi connectivity index (χ0v) is 16.0. The molecule has 4 nitrogen and oxygen atoms in total. The summed E-state index contributed by atoms with van der Waals surface area (Å²) in [7, 11) is 0. The van der Waals surface area contributed by atoms with E-state index in [0.29, 0.717) is 0 Å². The number of nitrogens with zero attached hydrogens (tertiary/aromatic N) is 3. The summed E-state index contributed by atoms with van der Waals surface area (Å²) in [5, 5.41) is 0. The van der Waals surface area contributed by atoms with Gasteiger partial charge in [-0.25, -0.2) is 0 Å². The normalized spacial score (nSPS) is 18.5. The van der Waals surface area contributed by atoms with Crippen molar-refractivity contribution in [3.8, 4) is 0 Å². The summed E-state index contributed by atoms with van der Waals surface area (Å²) >= 11 is 0. The van der Waals surface area contributed by atoms with Gasteiger partial charge in [0, 0.05) is 44.0 Å². The highest BCUT2D eigenvalue weighted by Crippen LogP contribution is 2.18. The zero-order chi connectivity index (χ0) is 18.5. The van der Waals surface area contributed by atoms with Crippen molar-refractivity contribution in [2.24, 2.45) is 0 Å². The van der Waals surface area contributed by atoms with Gasteiger partial charge in [0.1, 0.15) is 0 Å². The molecule has 4 rings (SSSR count). The maximum atomic E-state index is 12.9. The van der Waals surface area contributed by atoms with Crippen molar-refractivity contribution in [3.63, 3.8) is 0 Å². The molecule has 0 spiro atoms. The standard InChI is InChI=1S/C23H29N3O/c27-23(21-11-9-20(10-12-21)19-24-13-4-5-14-24)26-16-6-15-25(17-18-26)22-7-2-1-3-8-22/h1-3,7-12H,4-6,13-19H2. The molecule has 0 N–H and O–H groups in total. The molecular weight excluding hydrogens is 334 g/mol. The number of hydrogen-bond acceptors (Lipinski definition) is 3. The number of carbonyl (C=O) groups excluding carboxylic acids is 1. The number of anilines is 1. The Hall–Kier alpha value is -2.33. The molecule has 2 aliphatic rings. The van der Waals surface area contributed by atoms with Crippen molar-refractivity contribution < 1.29 is 4.79 Å². The van der Waals surface area contributed by atoms with Crippen LogP contribution in [0.4, 0.5) is 5.69 Å². The van der Waals surface area contributed by atoms with E-state index in [2.05, 4.69) is 46.2 Å². The van der Waals surface area contributed by atoms with E-state index in [-0.39, 0.29) is 5.91 Å². The molecule has 2 aliphatic heterocycles. The lowest BCUT2D eigenvalue weighted by Gasteiger charge is -2.24. The average Bonchev–Trinajstić information content (AvgIpc) is 3.10. The van der Waals surface area contributed by atoms with E-state index in [9.17, 15) is 4.79 Å². The molecule has 0 saturated carbocycles. The Balaban J connectivity index is 1.36. The number of carbonyl (C=O) groups is 1. The number of benzene rings is 2. The van der Waals surface area contributed by atoms with Crippen molar-refractivity contribution in [1.82, 2.24) is 9.80 Å². The summed E-state index contributed by atoms with van der Waals surface area (Å²) in [5.74, 6) is 0.164. The van der Waals surface area contributed by atoms with Gasteiger partial charge < -0.3 is 9.80 Å². The minimum absolute atomic E-state index is 0.164. The Morgan fingerprint density at radius 2 is 1.48 bits per heavy atom. The third kappa shape index (κ3) is 4.51. The predicted octanol–water partition coefficient (Wildman–Crippen LogP) is 3.63. The van der Waals surface area contributed by atoms with E-state index in [1.165, 1.54) is 37.2 Å². The molecule has 1 amide bonds. The van der Waals surface area contributed by atoms with Gasteiger partial charge in [-0.05, 0) is 62.2 Å². The van der Waals surface area contributed by atoms with Crippen molar-refractivity contribution in [2.75, 3.05) is 44.2 Å². The molecule has 2 saturated heterocycles. The van der Waals surface area contributed by atoms with Gasteiger partial charge in [0.15, 0.2) is 0 Å². The molecule has 2 aromatic carbocycles. The molecule has 0 bridgehead atoms. The topological polar surface area (TPSA) is 26.8 Å². The second-order valence-electron chi connectivity index (χ2n) is 7.65. The van der Waals surface area contributed by atoms with Gasteiger partial charge in [0.2, 0.25) is 0 Å². The first-order chi connectivity index (χ1) is 13.3. The molecule has 0 aromatic heterocycles. The fourth-order valence-corrected chi connectivity index (χ4v) is 4.15. The lowest BCUT2D eigenvalue weighted by atomic mass is 10.1. The van der Waals surface area contributed by atoms with E-state index in [0.717, 1.165) is 44.7 Å². The molecule has 4 heteroatoms. The summed E-state index contributed by atoms with van der Waals surface area (Å²) in [6, 6.07) is 18.8. The van der Waals surface area contributed by atoms with Gasteiger partial charge >= 0.3 is 0 Å². The van der Waals surface area contributed by atoms with E-state index < -0.39 is 0 Å². The van der Waals surface area contributed by atoms with Crippen LogP contribution in [0, 0.1) is 0 Å². The number of para-hydroxylation sites is 1. The highest BCUT2D eigenvalue weighted by molar-refractivity contribution is 5.94. The van der Waals surface area contributed by atoms with Crippen LogP contribution in [-0.2, 0) is 6.54 Å². The van der Waals surface area contributed by atoms with Gasteiger partial charge in [-0.3, -0.25) is 9.69 Å². The fraction of sp³-hybridized carbons (Fsp3) is 0.435. The van der Waals surface area contributed by atoms with Crippen LogP contribution in [-0.4, -0.2) is 55.0 Å². The summed E-state index contributed by atoms with van der Waals surface area (Å²) in [6.45, 7) is 6.91. The summed E-state index contributed by atoms with van der Waals surface area (Å²) in [4.78, 5) is 19.8. The van der Waals surface area contributed by atoms with E-state index in [1.54, 1.807) is 0 Å². The van der Waals surface area contributed by atoms with Crippen molar-refractivity contribution in [3.05, 3.63) is 65.7 Å². The van der Waals surface area contributed by atoms with Gasteiger partial charge in [0.05, 0.1) is 0 Å². The molecule has 2 aromatic rings. The molecule has 0 aliphatic carbocycles. The minimum Gasteiger partial charge on any atom is -0.370 e. The Morgan fingerprint density at radius 3 is 2.22 bits per heavy atom. The van der Waals surface area contributed by atoms with Gasteiger partial charge in [0.25, 0.3) is 5.91 Å². The molecule has 0 unspecified atom stereocenters. The molecular formula is C23H29N3O. The first kappa shape index (κ1) is 18.1. The lowest BCUT2D eigenvalue weighted by molar-refractivity contribution is 0.0767. The van der Waals surface area contributed by atoms with Gasteiger partial charge in [-0.2, -0.15) is 0 Å². The Morgan fingerprint density at radius 1 is 0.741 bits per heavy atom. The average molecular weight is 364 g/mol. The molecule has 142 valence electrons. The maximum absolute atomic E-state index is 12.9. The Bertz CT molecular complexity index is 738. The summed E-state index contributed by atoms with van der Waals surface area (Å²) in [5.41, 5.74) is 3.37. The predicted molar refractivity (Wildman–Crippen MR) is 110 cm³/mol. The van der Waals surface area contributed by atoms with Crippen LogP contribution in [0.3, 0.4) is 0 Å². The third-order valence-corrected chi connectivity index (χ3v) is 5.71. The van der Waals surface area contributed by atoms with Gasteiger partial charge in [-0.1, -0.05) is 30.3 Å². The number of hydrogen-bond donors (Lipinski definition) is 0. The van der Waals surface area contributed by atoms with Crippen molar-refractivity contribution in [1.29, 1.82) is 0 Å². The molecule has 0 radical (unpaired) electrons.